The Morgan fingerprint density at radius 3 is 2.60 bits per heavy atom. The van der Waals surface area contributed by atoms with Crippen LogP contribution in [-0.4, -0.2) is 6.61 Å². The summed E-state index contributed by atoms with van der Waals surface area (Å²) in [5, 5.41) is 0.806. The number of benzene rings is 2. The molecular weight excluding hydrogens is 336 g/mol. The molecule has 0 spiro atoms. The van der Waals surface area contributed by atoms with Crippen LogP contribution >= 0.6 is 27.5 Å². The largest absolute Gasteiger partial charge is 0.376 e. The van der Waals surface area contributed by atoms with Crippen molar-refractivity contribution in [3.63, 3.8) is 0 Å². The molecule has 0 saturated heterocycles. The first kappa shape index (κ1) is 14.1. The molecule has 0 radical (unpaired) electrons. The minimum atomic E-state index is 0.191. The summed E-state index contributed by atoms with van der Waals surface area (Å²) in [5.74, 6) is 0. The van der Waals surface area contributed by atoms with E-state index in [1.165, 1.54) is 24.0 Å². The van der Waals surface area contributed by atoms with E-state index < -0.39 is 0 Å². The summed E-state index contributed by atoms with van der Waals surface area (Å²) in [6.07, 6.45) is 2.37. The zero-order chi connectivity index (χ0) is 14.0. The van der Waals surface area contributed by atoms with Gasteiger partial charge < -0.3 is 4.74 Å². The first-order valence-corrected chi connectivity index (χ1v) is 7.93. The summed E-state index contributed by atoms with van der Waals surface area (Å²) < 4.78 is 7.02. The summed E-state index contributed by atoms with van der Waals surface area (Å²) in [4.78, 5) is 0. The highest BCUT2D eigenvalue weighted by molar-refractivity contribution is 9.10. The van der Waals surface area contributed by atoms with Crippen molar-refractivity contribution in [3.05, 3.63) is 69.2 Å². The third-order valence-electron chi connectivity index (χ3n) is 3.83. The topological polar surface area (TPSA) is 9.23 Å². The Hall–Kier alpha value is -0.830. The molecule has 1 fully saturated rings. The lowest BCUT2D eigenvalue weighted by molar-refractivity contribution is 0.100. The molecule has 104 valence electrons. The SMILES string of the molecule is Clc1cccc(C2(COCc3cccc(Br)c3)CC2)c1. The van der Waals surface area contributed by atoms with Gasteiger partial charge in [-0.15, -0.1) is 0 Å². The zero-order valence-corrected chi connectivity index (χ0v) is 13.5. The predicted octanol–water partition coefficient (Wildman–Crippen LogP) is 5.35. The molecule has 0 atom stereocenters. The van der Waals surface area contributed by atoms with Gasteiger partial charge >= 0.3 is 0 Å². The summed E-state index contributed by atoms with van der Waals surface area (Å²) in [7, 11) is 0. The fourth-order valence-corrected chi connectivity index (χ4v) is 3.11. The molecule has 1 aliphatic rings. The Kier molecular flexibility index (Phi) is 4.16. The molecular formula is C17H16BrClO. The second-order valence-corrected chi connectivity index (χ2v) is 6.77. The van der Waals surface area contributed by atoms with E-state index in [4.69, 9.17) is 16.3 Å². The maximum Gasteiger partial charge on any atom is 0.0717 e. The molecule has 0 bridgehead atoms. The van der Waals surface area contributed by atoms with E-state index in [1.807, 2.05) is 24.3 Å². The molecule has 1 saturated carbocycles. The first-order valence-electron chi connectivity index (χ1n) is 6.76. The molecule has 2 aromatic carbocycles. The van der Waals surface area contributed by atoms with E-state index in [1.54, 1.807) is 0 Å². The molecule has 0 heterocycles. The second-order valence-electron chi connectivity index (χ2n) is 5.41. The van der Waals surface area contributed by atoms with Gasteiger partial charge in [0.2, 0.25) is 0 Å². The number of halogens is 2. The van der Waals surface area contributed by atoms with Gasteiger partial charge in [0.1, 0.15) is 0 Å². The van der Waals surface area contributed by atoms with Gasteiger partial charge in [0, 0.05) is 14.9 Å². The van der Waals surface area contributed by atoms with Crippen molar-refractivity contribution in [2.45, 2.75) is 24.9 Å². The van der Waals surface area contributed by atoms with Crippen LogP contribution in [-0.2, 0) is 16.8 Å². The summed E-state index contributed by atoms with van der Waals surface area (Å²) in [6.45, 7) is 1.42. The molecule has 1 aliphatic carbocycles. The lowest BCUT2D eigenvalue weighted by Crippen LogP contribution is -2.15. The molecule has 0 N–H and O–H groups in total. The average Bonchev–Trinajstić information content (AvgIpc) is 3.20. The van der Waals surface area contributed by atoms with E-state index in [-0.39, 0.29) is 5.41 Å². The third kappa shape index (κ3) is 3.25. The van der Waals surface area contributed by atoms with E-state index in [0.717, 1.165) is 16.1 Å². The van der Waals surface area contributed by atoms with Gasteiger partial charge in [-0.05, 0) is 48.2 Å². The van der Waals surface area contributed by atoms with Crippen LogP contribution in [0.25, 0.3) is 0 Å². The van der Waals surface area contributed by atoms with Crippen molar-refractivity contribution in [2.75, 3.05) is 6.61 Å². The normalized spacial score (nSPS) is 16.1. The predicted molar refractivity (Wildman–Crippen MR) is 86.2 cm³/mol. The van der Waals surface area contributed by atoms with Gasteiger partial charge in [0.15, 0.2) is 0 Å². The van der Waals surface area contributed by atoms with E-state index in [9.17, 15) is 0 Å². The van der Waals surface area contributed by atoms with Gasteiger partial charge in [-0.1, -0.05) is 51.8 Å². The number of hydrogen-bond donors (Lipinski definition) is 0. The second kappa shape index (κ2) is 5.88. The zero-order valence-electron chi connectivity index (χ0n) is 11.1. The average molecular weight is 352 g/mol. The summed E-state index contributed by atoms with van der Waals surface area (Å²) >= 11 is 9.56. The molecule has 3 rings (SSSR count). The van der Waals surface area contributed by atoms with Crippen LogP contribution in [0.4, 0.5) is 0 Å². The Morgan fingerprint density at radius 1 is 1.10 bits per heavy atom. The molecule has 0 aromatic heterocycles. The van der Waals surface area contributed by atoms with Crippen molar-refractivity contribution in [2.24, 2.45) is 0 Å². The fourth-order valence-electron chi connectivity index (χ4n) is 2.48. The van der Waals surface area contributed by atoms with Crippen LogP contribution in [0.15, 0.2) is 53.0 Å². The Labute approximate surface area is 133 Å². The van der Waals surface area contributed by atoms with Crippen molar-refractivity contribution < 1.29 is 4.74 Å². The smallest absolute Gasteiger partial charge is 0.0717 e. The van der Waals surface area contributed by atoms with Crippen molar-refractivity contribution in [3.8, 4) is 0 Å². The number of hydrogen-bond acceptors (Lipinski definition) is 1. The van der Waals surface area contributed by atoms with Gasteiger partial charge in [-0.25, -0.2) is 0 Å². The maximum absolute atomic E-state index is 6.08. The Bertz CT molecular complexity index is 607. The van der Waals surface area contributed by atoms with Crippen LogP contribution in [0.5, 0.6) is 0 Å². The van der Waals surface area contributed by atoms with Gasteiger partial charge in [-0.3, -0.25) is 0 Å². The van der Waals surface area contributed by atoms with E-state index in [2.05, 4.69) is 40.2 Å². The minimum Gasteiger partial charge on any atom is -0.376 e. The monoisotopic (exact) mass is 350 g/mol. The van der Waals surface area contributed by atoms with Crippen LogP contribution in [0.2, 0.25) is 5.02 Å². The Balaban J connectivity index is 1.61. The summed E-state index contributed by atoms with van der Waals surface area (Å²) in [5.41, 5.74) is 2.69. The van der Waals surface area contributed by atoms with Gasteiger partial charge in [-0.2, -0.15) is 0 Å². The maximum atomic E-state index is 6.08. The lowest BCUT2D eigenvalue weighted by atomic mass is 9.97. The van der Waals surface area contributed by atoms with Crippen LogP contribution < -0.4 is 0 Å². The van der Waals surface area contributed by atoms with Crippen molar-refractivity contribution >= 4 is 27.5 Å². The first-order chi connectivity index (χ1) is 9.68. The minimum absolute atomic E-state index is 0.191. The quantitative estimate of drug-likeness (QED) is 0.705. The highest BCUT2D eigenvalue weighted by atomic mass is 79.9. The van der Waals surface area contributed by atoms with E-state index in [0.29, 0.717) is 6.61 Å². The molecule has 0 aliphatic heterocycles. The van der Waals surface area contributed by atoms with Crippen LogP contribution in [0.1, 0.15) is 24.0 Å². The standard InChI is InChI=1S/C17H16BrClO/c18-15-5-1-3-13(9-15)11-20-12-17(7-8-17)14-4-2-6-16(19)10-14/h1-6,9-10H,7-8,11-12H2. The molecule has 3 heteroatoms. The highest BCUT2D eigenvalue weighted by Gasteiger charge is 2.44. The number of ether oxygens (including phenoxy) is 1. The third-order valence-corrected chi connectivity index (χ3v) is 4.56. The highest BCUT2D eigenvalue weighted by Crippen LogP contribution is 2.48. The van der Waals surface area contributed by atoms with Crippen molar-refractivity contribution in [1.29, 1.82) is 0 Å². The fraction of sp³-hybridized carbons (Fsp3) is 0.294. The lowest BCUT2D eigenvalue weighted by Gasteiger charge is -2.16. The molecule has 2 aromatic rings. The van der Waals surface area contributed by atoms with Gasteiger partial charge in [0.25, 0.3) is 0 Å². The van der Waals surface area contributed by atoms with Crippen LogP contribution in [0, 0.1) is 0 Å². The van der Waals surface area contributed by atoms with Crippen molar-refractivity contribution in [1.82, 2.24) is 0 Å². The number of rotatable bonds is 5. The molecule has 0 unspecified atom stereocenters. The van der Waals surface area contributed by atoms with Gasteiger partial charge in [0.05, 0.1) is 13.2 Å². The molecule has 1 nitrogen and oxygen atoms in total. The molecule has 20 heavy (non-hydrogen) atoms. The summed E-state index contributed by atoms with van der Waals surface area (Å²) in [6, 6.07) is 16.4. The van der Waals surface area contributed by atoms with Crippen LogP contribution in [0.3, 0.4) is 0 Å². The van der Waals surface area contributed by atoms with E-state index >= 15 is 0 Å². The Morgan fingerprint density at radius 2 is 1.90 bits per heavy atom. The molecule has 0 amide bonds.